The van der Waals surface area contributed by atoms with Gasteiger partial charge in [-0.25, -0.2) is 9.78 Å². The predicted molar refractivity (Wildman–Crippen MR) is 39.3 cm³/mol. The maximum Gasteiger partial charge on any atom is 0.0961 e. The van der Waals surface area contributed by atoms with Gasteiger partial charge >= 0.3 is 0 Å². The van der Waals surface area contributed by atoms with Crippen LogP contribution in [0.3, 0.4) is 0 Å². The molecule has 0 bridgehead atoms. The smallest absolute Gasteiger partial charge is 0.0961 e. The minimum Gasteiger partial charge on any atom is -0.236 e. The summed E-state index contributed by atoms with van der Waals surface area (Å²) in [5.74, 6) is 0. The molecule has 10 heavy (non-hydrogen) atoms. The topological polar surface area (TPSA) is 18.5 Å². The fourth-order valence-corrected chi connectivity index (χ4v) is 1.11. The number of rotatable bonds is 2. The molecule has 1 rings (SSSR count). The van der Waals surface area contributed by atoms with Crippen molar-refractivity contribution in [2.45, 2.75) is 38.7 Å². The summed E-state index contributed by atoms with van der Waals surface area (Å²) < 4.78 is 0. The van der Waals surface area contributed by atoms with Crippen molar-refractivity contribution in [3.05, 3.63) is 6.42 Å². The second-order valence-electron chi connectivity index (χ2n) is 2.60. The van der Waals surface area contributed by atoms with Gasteiger partial charge in [0.2, 0.25) is 0 Å². The van der Waals surface area contributed by atoms with Gasteiger partial charge in [-0.1, -0.05) is 13.3 Å². The fraction of sp³-hybridized carbons (Fsp3) is 0.875. The molecule has 0 saturated carbocycles. The Kier molecular flexibility index (Phi) is 3.76. The molecule has 0 N–H and O–H groups in total. The molecule has 0 amide bonds. The van der Waals surface area contributed by atoms with Gasteiger partial charge in [0, 0.05) is 0 Å². The third kappa shape index (κ3) is 2.67. The first-order valence-electron chi connectivity index (χ1n) is 4.05. The quantitative estimate of drug-likeness (QED) is 0.551. The van der Waals surface area contributed by atoms with E-state index >= 15 is 0 Å². The van der Waals surface area contributed by atoms with Gasteiger partial charge in [0.15, 0.2) is 0 Å². The van der Waals surface area contributed by atoms with E-state index in [4.69, 9.17) is 9.78 Å². The van der Waals surface area contributed by atoms with Gasteiger partial charge < -0.3 is 0 Å². The summed E-state index contributed by atoms with van der Waals surface area (Å²) in [5.41, 5.74) is 0. The number of hydrogen-bond donors (Lipinski definition) is 0. The van der Waals surface area contributed by atoms with Crippen LogP contribution in [0.15, 0.2) is 0 Å². The summed E-state index contributed by atoms with van der Waals surface area (Å²) in [4.78, 5) is 10.0. The van der Waals surface area contributed by atoms with Gasteiger partial charge in [-0.2, -0.15) is 0 Å². The molecular weight excluding hydrogens is 128 g/mol. The lowest BCUT2D eigenvalue weighted by molar-refractivity contribution is -0.310. The molecule has 0 aromatic rings. The van der Waals surface area contributed by atoms with Crippen molar-refractivity contribution in [1.82, 2.24) is 0 Å². The lowest BCUT2D eigenvalue weighted by Gasteiger charge is -2.10. The first-order chi connectivity index (χ1) is 4.93. The second kappa shape index (κ2) is 4.69. The van der Waals surface area contributed by atoms with Crippen molar-refractivity contribution in [2.75, 3.05) is 6.61 Å². The van der Waals surface area contributed by atoms with E-state index in [2.05, 4.69) is 13.3 Å². The van der Waals surface area contributed by atoms with Crippen LogP contribution in [0.4, 0.5) is 0 Å². The Balaban J connectivity index is 2.15. The molecule has 0 aliphatic carbocycles. The van der Waals surface area contributed by atoms with Crippen LogP contribution in [0.5, 0.6) is 0 Å². The Morgan fingerprint density at radius 1 is 1.50 bits per heavy atom. The summed E-state index contributed by atoms with van der Waals surface area (Å²) in [6, 6.07) is 0. The van der Waals surface area contributed by atoms with E-state index in [1.54, 1.807) is 0 Å². The average molecular weight is 143 g/mol. The van der Waals surface area contributed by atoms with Crippen molar-refractivity contribution < 1.29 is 9.78 Å². The predicted octanol–water partition coefficient (Wildman–Crippen LogP) is 2.10. The molecule has 1 saturated heterocycles. The first kappa shape index (κ1) is 8.02. The molecule has 1 fully saturated rings. The molecule has 1 aliphatic rings. The highest BCUT2D eigenvalue weighted by Gasteiger charge is 2.12. The Bertz CT molecular complexity index is 75.3. The molecule has 2 heteroatoms. The van der Waals surface area contributed by atoms with Crippen LogP contribution in [0.2, 0.25) is 0 Å². The monoisotopic (exact) mass is 143 g/mol. The zero-order chi connectivity index (χ0) is 7.23. The van der Waals surface area contributed by atoms with Crippen LogP contribution in [-0.4, -0.2) is 12.7 Å². The van der Waals surface area contributed by atoms with E-state index in [1.807, 2.05) is 0 Å². The Morgan fingerprint density at radius 3 is 3.20 bits per heavy atom. The first-order valence-corrected chi connectivity index (χ1v) is 4.05. The molecule has 2 nitrogen and oxygen atoms in total. The van der Waals surface area contributed by atoms with Crippen molar-refractivity contribution in [3.63, 3.8) is 0 Å². The van der Waals surface area contributed by atoms with Crippen molar-refractivity contribution in [2.24, 2.45) is 0 Å². The van der Waals surface area contributed by atoms with Crippen molar-refractivity contribution in [1.29, 1.82) is 0 Å². The van der Waals surface area contributed by atoms with Gasteiger partial charge in [0.25, 0.3) is 0 Å². The van der Waals surface area contributed by atoms with Gasteiger partial charge in [-0.15, -0.1) is 0 Å². The highest BCUT2D eigenvalue weighted by Crippen LogP contribution is 2.14. The van der Waals surface area contributed by atoms with E-state index in [1.165, 1.54) is 6.42 Å². The molecule has 1 unspecified atom stereocenters. The summed E-state index contributed by atoms with van der Waals surface area (Å²) in [6.07, 6.45) is 6.94. The van der Waals surface area contributed by atoms with E-state index in [-0.39, 0.29) is 6.10 Å². The van der Waals surface area contributed by atoms with Gasteiger partial charge in [-0.3, -0.25) is 0 Å². The second-order valence-corrected chi connectivity index (χ2v) is 2.60. The van der Waals surface area contributed by atoms with Crippen molar-refractivity contribution in [3.8, 4) is 0 Å². The third-order valence-electron chi connectivity index (χ3n) is 1.66. The Labute approximate surface area is 62.4 Å². The Hall–Kier alpha value is -0.0800. The maximum atomic E-state index is 5.09. The molecular formula is C8H15O2. The van der Waals surface area contributed by atoms with Crippen LogP contribution in [0, 0.1) is 6.42 Å². The molecule has 0 spiro atoms. The van der Waals surface area contributed by atoms with Crippen LogP contribution >= 0.6 is 0 Å². The largest absolute Gasteiger partial charge is 0.236 e. The Morgan fingerprint density at radius 2 is 2.40 bits per heavy atom. The lowest BCUT2D eigenvalue weighted by Crippen LogP contribution is -2.10. The normalized spacial score (nSPS) is 27.9. The van der Waals surface area contributed by atoms with Gasteiger partial charge in [0.1, 0.15) is 0 Å². The number of hydrogen-bond acceptors (Lipinski definition) is 2. The van der Waals surface area contributed by atoms with E-state index < -0.39 is 0 Å². The standard InChI is InChI=1S/C8H15O2/c1-2-5-8-6-3-4-7-9-10-8/h5,8H,2-4,6-7H2,1H3. The SMILES string of the molecule is CC[CH]C1CCCCOO1. The molecule has 1 atom stereocenters. The summed E-state index contributed by atoms with van der Waals surface area (Å²) in [6.45, 7) is 2.88. The molecule has 1 radical (unpaired) electrons. The third-order valence-corrected chi connectivity index (χ3v) is 1.66. The molecule has 0 aromatic carbocycles. The highest BCUT2D eigenvalue weighted by atomic mass is 17.2. The van der Waals surface area contributed by atoms with E-state index in [9.17, 15) is 0 Å². The molecule has 59 valence electrons. The lowest BCUT2D eigenvalue weighted by atomic mass is 10.1. The molecule has 0 aromatic heterocycles. The minimum absolute atomic E-state index is 0.243. The fourth-order valence-electron chi connectivity index (χ4n) is 1.11. The van der Waals surface area contributed by atoms with Crippen LogP contribution in [0.25, 0.3) is 0 Å². The summed E-state index contributed by atoms with van der Waals surface area (Å²) in [7, 11) is 0. The average Bonchev–Trinajstić information content (AvgIpc) is 2.17. The van der Waals surface area contributed by atoms with Crippen molar-refractivity contribution >= 4 is 0 Å². The molecule has 1 aliphatic heterocycles. The van der Waals surface area contributed by atoms with Crippen LogP contribution < -0.4 is 0 Å². The zero-order valence-electron chi connectivity index (χ0n) is 6.51. The minimum atomic E-state index is 0.243. The summed E-state index contributed by atoms with van der Waals surface area (Å²) in [5, 5.41) is 0. The summed E-state index contributed by atoms with van der Waals surface area (Å²) >= 11 is 0. The maximum absolute atomic E-state index is 5.09. The van der Waals surface area contributed by atoms with E-state index in [0.717, 1.165) is 25.9 Å². The van der Waals surface area contributed by atoms with Crippen LogP contribution in [0.1, 0.15) is 32.6 Å². The molecule has 1 heterocycles. The van der Waals surface area contributed by atoms with Gasteiger partial charge in [-0.05, 0) is 25.7 Å². The van der Waals surface area contributed by atoms with Gasteiger partial charge in [0.05, 0.1) is 12.7 Å². The highest BCUT2D eigenvalue weighted by molar-refractivity contribution is 4.74. The van der Waals surface area contributed by atoms with Crippen LogP contribution in [-0.2, 0) is 9.78 Å². The van der Waals surface area contributed by atoms with E-state index in [0.29, 0.717) is 0 Å². The zero-order valence-corrected chi connectivity index (χ0v) is 6.51.